The lowest BCUT2D eigenvalue weighted by Gasteiger charge is -2.26. The van der Waals surface area contributed by atoms with E-state index in [1.165, 1.54) is 11.1 Å². The van der Waals surface area contributed by atoms with E-state index in [0.29, 0.717) is 13.2 Å². The van der Waals surface area contributed by atoms with Crippen LogP contribution in [0.3, 0.4) is 0 Å². The molecule has 86 valence electrons. The summed E-state index contributed by atoms with van der Waals surface area (Å²) in [5.74, 6) is -0.319. The van der Waals surface area contributed by atoms with Gasteiger partial charge >= 0.3 is 0 Å². The van der Waals surface area contributed by atoms with Crippen molar-refractivity contribution in [2.45, 2.75) is 12.8 Å². The monoisotopic (exact) mass is 285 g/mol. The third kappa shape index (κ3) is 2.36. The van der Waals surface area contributed by atoms with Crippen LogP contribution in [-0.4, -0.2) is 29.2 Å². The van der Waals surface area contributed by atoms with Crippen LogP contribution in [0.1, 0.15) is 23.2 Å². The zero-order chi connectivity index (χ0) is 11.5. The summed E-state index contributed by atoms with van der Waals surface area (Å²) in [5.41, 5.74) is 0.260. The Hall–Kier alpha value is -1.07. The van der Waals surface area contributed by atoms with Crippen LogP contribution < -0.4 is 0 Å². The fourth-order valence-corrected chi connectivity index (χ4v) is 1.93. The Kier molecular flexibility index (Phi) is 3.46. The molecule has 2 rings (SSSR count). The lowest BCUT2D eigenvalue weighted by atomic mass is 10.2. The zero-order valence-electron chi connectivity index (χ0n) is 8.65. The molecule has 0 bridgehead atoms. The molecule has 4 nitrogen and oxygen atoms in total. The second kappa shape index (κ2) is 4.84. The van der Waals surface area contributed by atoms with Gasteiger partial charge in [0.2, 0.25) is 0 Å². The molecule has 5 heteroatoms. The summed E-state index contributed by atoms with van der Waals surface area (Å²) in [6, 6.07) is 4.76. The lowest BCUT2D eigenvalue weighted by molar-refractivity contribution is -0.144. The van der Waals surface area contributed by atoms with Crippen LogP contribution in [0.4, 0.5) is 0 Å². The molecule has 0 spiro atoms. The maximum absolute atomic E-state index is 12.0. The number of benzene rings is 1. The predicted octanol–water partition coefficient (Wildman–Crippen LogP) is 2.32. The van der Waals surface area contributed by atoms with Gasteiger partial charge in [0, 0.05) is 11.0 Å². The van der Waals surface area contributed by atoms with Crippen molar-refractivity contribution in [3.05, 3.63) is 28.2 Å². The SMILES string of the molecule is O=C(c1cc(Br)ccc1O)N1CCCCO1. The molecular formula is C11H12BrNO3. The largest absolute Gasteiger partial charge is 0.507 e. The molecule has 1 fully saturated rings. The first-order chi connectivity index (χ1) is 7.68. The minimum atomic E-state index is -0.293. The smallest absolute Gasteiger partial charge is 0.281 e. The first kappa shape index (κ1) is 11.4. The van der Waals surface area contributed by atoms with E-state index in [1.807, 2.05) is 0 Å². The second-order valence-electron chi connectivity index (χ2n) is 3.61. The van der Waals surface area contributed by atoms with Gasteiger partial charge in [-0.1, -0.05) is 15.9 Å². The molecule has 1 saturated heterocycles. The number of halogens is 1. The van der Waals surface area contributed by atoms with Gasteiger partial charge in [0.15, 0.2) is 0 Å². The van der Waals surface area contributed by atoms with Crippen LogP contribution >= 0.6 is 15.9 Å². The Morgan fingerprint density at radius 1 is 1.44 bits per heavy atom. The highest BCUT2D eigenvalue weighted by atomic mass is 79.9. The van der Waals surface area contributed by atoms with Crippen LogP contribution in [-0.2, 0) is 4.84 Å². The standard InChI is InChI=1S/C11H12BrNO3/c12-8-3-4-10(14)9(7-8)11(15)13-5-1-2-6-16-13/h3-4,7,14H,1-2,5-6H2. The van der Waals surface area contributed by atoms with E-state index in [1.54, 1.807) is 12.1 Å². The van der Waals surface area contributed by atoms with Crippen molar-refractivity contribution in [1.29, 1.82) is 0 Å². The average Bonchev–Trinajstić information content (AvgIpc) is 2.32. The van der Waals surface area contributed by atoms with E-state index in [4.69, 9.17) is 4.84 Å². The van der Waals surface area contributed by atoms with Gasteiger partial charge in [-0.15, -0.1) is 0 Å². The molecule has 0 saturated carbocycles. The number of phenolic OH excluding ortho intramolecular Hbond substituents is 1. The Labute approximate surface area is 102 Å². The van der Waals surface area contributed by atoms with Gasteiger partial charge in [-0.3, -0.25) is 9.63 Å². The fourth-order valence-electron chi connectivity index (χ4n) is 1.57. The number of hydrogen-bond donors (Lipinski definition) is 1. The molecule has 1 amide bonds. The molecule has 1 aromatic rings. The minimum Gasteiger partial charge on any atom is -0.507 e. The summed E-state index contributed by atoms with van der Waals surface area (Å²) in [6.07, 6.45) is 1.90. The number of rotatable bonds is 1. The fraction of sp³-hybridized carbons (Fsp3) is 0.364. The van der Waals surface area contributed by atoms with E-state index >= 15 is 0 Å². The van der Waals surface area contributed by atoms with Gasteiger partial charge in [-0.05, 0) is 31.0 Å². The van der Waals surface area contributed by atoms with Gasteiger partial charge in [-0.25, -0.2) is 5.06 Å². The maximum atomic E-state index is 12.0. The summed E-state index contributed by atoms with van der Waals surface area (Å²) in [4.78, 5) is 17.2. The molecule has 0 radical (unpaired) electrons. The summed E-state index contributed by atoms with van der Waals surface area (Å²) in [6.45, 7) is 1.13. The van der Waals surface area contributed by atoms with Crippen molar-refractivity contribution < 1.29 is 14.7 Å². The number of nitrogens with zero attached hydrogens (tertiary/aromatic N) is 1. The number of phenols is 1. The molecule has 1 aliphatic rings. The average molecular weight is 286 g/mol. The van der Waals surface area contributed by atoms with E-state index < -0.39 is 0 Å². The number of amides is 1. The predicted molar refractivity (Wildman–Crippen MR) is 62.0 cm³/mol. The quantitative estimate of drug-likeness (QED) is 0.862. The van der Waals surface area contributed by atoms with Gasteiger partial charge < -0.3 is 5.11 Å². The third-order valence-electron chi connectivity index (χ3n) is 2.42. The molecule has 16 heavy (non-hydrogen) atoms. The van der Waals surface area contributed by atoms with E-state index in [0.717, 1.165) is 17.3 Å². The Morgan fingerprint density at radius 3 is 2.94 bits per heavy atom. The lowest BCUT2D eigenvalue weighted by Crippen LogP contribution is -2.35. The van der Waals surface area contributed by atoms with Crippen LogP contribution in [0.25, 0.3) is 0 Å². The second-order valence-corrected chi connectivity index (χ2v) is 4.52. The van der Waals surface area contributed by atoms with E-state index in [9.17, 15) is 9.90 Å². The van der Waals surface area contributed by atoms with Crippen LogP contribution in [0.2, 0.25) is 0 Å². The van der Waals surface area contributed by atoms with Crippen molar-refractivity contribution >= 4 is 21.8 Å². The molecular weight excluding hydrogens is 274 g/mol. The highest BCUT2D eigenvalue weighted by Crippen LogP contribution is 2.24. The number of aromatic hydroxyl groups is 1. The maximum Gasteiger partial charge on any atom is 0.281 e. The van der Waals surface area contributed by atoms with Crippen molar-refractivity contribution in [2.75, 3.05) is 13.2 Å². The molecule has 0 aliphatic carbocycles. The van der Waals surface area contributed by atoms with Crippen molar-refractivity contribution in [2.24, 2.45) is 0 Å². The molecule has 0 unspecified atom stereocenters. The first-order valence-electron chi connectivity index (χ1n) is 5.12. The highest BCUT2D eigenvalue weighted by molar-refractivity contribution is 9.10. The summed E-state index contributed by atoms with van der Waals surface area (Å²) in [5, 5.41) is 10.9. The molecule has 1 N–H and O–H groups in total. The van der Waals surface area contributed by atoms with Gasteiger partial charge in [-0.2, -0.15) is 0 Å². The van der Waals surface area contributed by atoms with Crippen LogP contribution in [0, 0.1) is 0 Å². The van der Waals surface area contributed by atoms with E-state index in [2.05, 4.69) is 15.9 Å². The van der Waals surface area contributed by atoms with Crippen LogP contribution in [0.15, 0.2) is 22.7 Å². The molecule has 0 aromatic heterocycles. The normalized spacial score (nSPS) is 16.2. The van der Waals surface area contributed by atoms with Gasteiger partial charge in [0.05, 0.1) is 12.2 Å². The Morgan fingerprint density at radius 2 is 2.25 bits per heavy atom. The highest BCUT2D eigenvalue weighted by Gasteiger charge is 2.22. The minimum absolute atomic E-state index is 0.0256. The summed E-state index contributed by atoms with van der Waals surface area (Å²) < 4.78 is 0.755. The van der Waals surface area contributed by atoms with Crippen LogP contribution in [0.5, 0.6) is 5.75 Å². The summed E-state index contributed by atoms with van der Waals surface area (Å²) in [7, 11) is 0. The molecule has 1 heterocycles. The first-order valence-corrected chi connectivity index (χ1v) is 5.91. The van der Waals surface area contributed by atoms with Crippen molar-refractivity contribution in [1.82, 2.24) is 5.06 Å². The zero-order valence-corrected chi connectivity index (χ0v) is 10.2. The Bertz CT molecular complexity index is 402. The Balaban J connectivity index is 2.22. The third-order valence-corrected chi connectivity index (χ3v) is 2.91. The van der Waals surface area contributed by atoms with E-state index in [-0.39, 0.29) is 17.2 Å². The van der Waals surface area contributed by atoms with Gasteiger partial charge in [0.1, 0.15) is 5.75 Å². The number of hydrogen-bond acceptors (Lipinski definition) is 3. The topological polar surface area (TPSA) is 49.8 Å². The molecule has 1 aromatic carbocycles. The number of carbonyl (C=O) groups excluding carboxylic acids is 1. The number of hydroxylamine groups is 2. The van der Waals surface area contributed by atoms with Gasteiger partial charge in [0.25, 0.3) is 5.91 Å². The summed E-state index contributed by atoms with van der Waals surface area (Å²) >= 11 is 3.27. The molecule has 1 aliphatic heterocycles. The molecule has 0 atom stereocenters. The van der Waals surface area contributed by atoms with Crippen molar-refractivity contribution in [3.63, 3.8) is 0 Å². The van der Waals surface area contributed by atoms with Crippen molar-refractivity contribution in [3.8, 4) is 5.75 Å². The number of carbonyl (C=O) groups is 1.